The van der Waals surface area contributed by atoms with Gasteiger partial charge in [0.2, 0.25) is 0 Å². The van der Waals surface area contributed by atoms with E-state index in [1.54, 1.807) is 5.57 Å². The van der Waals surface area contributed by atoms with Crippen molar-refractivity contribution < 1.29 is 4.79 Å². The summed E-state index contributed by atoms with van der Waals surface area (Å²) in [5, 5.41) is 3.50. The Labute approximate surface area is 147 Å². The van der Waals surface area contributed by atoms with Gasteiger partial charge in [0.15, 0.2) is 5.78 Å². The number of fused-ring (bicyclic) bond motifs is 5. The topological polar surface area (TPSA) is 29.1 Å². The number of rotatable bonds is 1. The first-order valence-electron chi connectivity index (χ1n) is 10.0. The summed E-state index contributed by atoms with van der Waals surface area (Å²) in [5.41, 5.74) is 3.40. The SMILES string of the molecule is C/C=C1\C(=O)C[C@@H]2[C@@H]3CC=C4C[C@@H](NC)CC[C@]4(C)[C@H]3CC[C@]12C. The average molecular weight is 328 g/mol. The van der Waals surface area contributed by atoms with Crippen LogP contribution in [0.3, 0.4) is 0 Å². The summed E-state index contributed by atoms with van der Waals surface area (Å²) in [6.07, 6.45) is 13.1. The Hall–Kier alpha value is -0.890. The minimum atomic E-state index is 0.150. The zero-order valence-corrected chi connectivity index (χ0v) is 15.8. The molecule has 4 rings (SSSR count). The maximum atomic E-state index is 12.6. The number of nitrogens with one attached hydrogen (secondary N) is 1. The number of Topliss-reactive ketones (excluding diaryl/α,β-unsaturated/α-hetero) is 1. The van der Waals surface area contributed by atoms with Crippen LogP contribution in [0.15, 0.2) is 23.3 Å². The van der Waals surface area contributed by atoms with E-state index in [0.717, 1.165) is 17.9 Å². The van der Waals surface area contributed by atoms with E-state index in [-0.39, 0.29) is 5.41 Å². The van der Waals surface area contributed by atoms with Crippen molar-refractivity contribution in [2.45, 2.75) is 71.8 Å². The summed E-state index contributed by atoms with van der Waals surface area (Å²) >= 11 is 0. The lowest BCUT2D eigenvalue weighted by atomic mass is 9.47. The van der Waals surface area contributed by atoms with Crippen LogP contribution in [-0.2, 0) is 4.79 Å². The van der Waals surface area contributed by atoms with Gasteiger partial charge in [-0.15, -0.1) is 0 Å². The highest BCUT2D eigenvalue weighted by Gasteiger charge is 2.59. The monoisotopic (exact) mass is 327 g/mol. The third kappa shape index (κ3) is 2.08. The molecule has 2 heteroatoms. The van der Waals surface area contributed by atoms with Crippen LogP contribution in [-0.4, -0.2) is 18.9 Å². The van der Waals surface area contributed by atoms with Gasteiger partial charge in [-0.2, -0.15) is 0 Å². The van der Waals surface area contributed by atoms with Crippen molar-refractivity contribution in [1.82, 2.24) is 5.32 Å². The second-order valence-corrected chi connectivity index (χ2v) is 9.27. The molecule has 3 fully saturated rings. The Kier molecular flexibility index (Phi) is 3.84. The molecule has 6 atom stereocenters. The molecular weight excluding hydrogens is 294 g/mol. The first kappa shape index (κ1) is 16.6. The number of allylic oxidation sites excluding steroid dienone is 3. The number of hydrogen-bond acceptors (Lipinski definition) is 2. The largest absolute Gasteiger partial charge is 0.317 e. The van der Waals surface area contributed by atoms with Crippen molar-refractivity contribution >= 4 is 5.78 Å². The Morgan fingerprint density at radius 1 is 1.12 bits per heavy atom. The van der Waals surface area contributed by atoms with E-state index < -0.39 is 0 Å². The summed E-state index contributed by atoms with van der Waals surface area (Å²) in [4.78, 5) is 12.6. The highest BCUT2D eigenvalue weighted by atomic mass is 16.1. The second kappa shape index (κ2) is 5.56. The second-order valence-electron chi connectivity index (χ2n) is 9.27. The van der Waals surface area contributed by atoms with Gasteiger partial charge in [0.05, 0.1) is 0 Å². The molecule has 0 aromatic rings. The van der Waals surface area contributed by atoms with Gasteiger partial charge in [-0.25, -0.2) is 0 Å². The molecule has 4 aliphatic carbocycles. The Bertz CT molecular complexity index is 617. The normalized spacial score (nSPS) is 49.4. The molecule has 0 bridgehead atoms. The third-order valence-electron chi connectivity index (χ3n) is 8.51. The molecule has 1 N–H and O–H groups in total. The zero-order valence-electron chi connectivity index (χ0n) is 15.8. The molecule has 0 unspecified atom stereocenters. The molecule has 3 saturated carbocycles. The standard InChI is InChI=1S/C22H33NO/c1-5-17-20(24)13-19-16-7-6-14-12-15(23-4)8-10-21(14,2)18(16)9-11-22(17,19)3/h5-6,15-16,18-19,23H,7-13H2,1-4H3/b17-5+/t15-,16+,18-,19+,21-,22+/m0/s1. The summed E-state index contributed by atoms with van der Waals surface area (Å²) in [7, 11) is 2.11. The van der Waals surface area contributed by atoms with Crippen LogP contribution in [0, 0.1) is 28.6 Å². The summed E-state index contributed by atoms with van der Waals surface area (Å²) < 4.78 is 0. The lowest BCUT2D eigenvalue weighted by Gasteiger charge is -2.57. The van der Waals surface area contributed by atoms with Gasteiger partial charge in [-0.05, 0) is 86.7 Å². The molecule has 0 saturated heterocycles. The van der Waals surface area contributed by atoms with Crippen LogP contribution < -0.4 is 5.32 Å². The van der Waals surface area contributed by atoms with Gasteiger partial charge in [0.25, 0.3) is 0 Å². The molecule has 0 amide bonds. The molecule has 0 aromatic carbocycles. The maximum absolute atomic E-state index is 12.6. The van der Waals surface area contributed by atoms with E-state index >= 15 is 0 Å². The molecule has 0 spiro atoms. The number of hydrogen-bond donors (Lipinski definition) is 1. The van der Waals surface area contributed by atoms with E-state index in [1.807, 2.05) is 0 Å². The quantitative estimate of drug-likeness (QED) is 0.560. The van der Waals surface area contributed by atoms with Gasteiger partial charge >= 0.3 is 0 Å². The number of ketones is 1. The van der Waals surface area contributed by atoms with Gasteiger partial charge in [0.1, 0.15) is 0 Å². The van der Waals surface area contributed by atoms with Gasteiger partial charge < -0.3 is 5.32 Å². The van der Waals surface area contributed by atoms with Crippen LogP contribution in [0.2, 0.25) is 0 Å². The summed E-state index contributed by atoms with van der Waals surface area (Å²) in [5.74, 6) is 2.51. The zero-order chi connectivity index (χ0) is 17.1. The summed E-state index contributed by atoms with van der Waals surface area (Å²) in [6.45, 7) is 6.98. The van der Waals surface area contributed by atoms with E-state index in [1.165, 1.54) is 38.5 Å². The molecule has 0 aliphatic heterocycles. The van der Waals surface area contributed by atoms with Crippen molar-refractivity contribution in [2.75, 3.05) is 7.05 Å². The van der Waals surface area contributed by atoms with Crippen LogP contribution >= 0.6 is 0 Å². The molecule has 24 heavy (non-hydrogen) atoms. The van der Waals surface area contributed by atoms with Crippen molar-refractivity contribution in [3.8, 4) is 0 Å². The lowest BCUT2D eigenvalue weighted by Crippen LogP contribution is -2.50. The Morgan fingerprint density at radius 2 is 1.88 bits per heavy atom. The van der Waals surface area contributed by atoms with Crippen LogP contribution in [0.25, 0.3) is 0 Å². The smallest absolute Gasteiger partial charge is 0.159 e. The van der Waals surface area contributed by atoms with Crippen molar-refractivity contribution in [3.05, 3.63) is 23.3 Å². The Morgan fingerprint density at radius 3 is 2.58 bits per heavy atom. The molecule has 0 aromatic heterocycles. The predicted molar refractivity (Wildman–Crippen MR) is 98.7 cm³/mol. The summed E-state index contributed by atoms with van der Waals surface area (Å²) in [6, 6.07) is 0.664. The van der Waals surface area contributed by atoms with Gasteiger partial charge in [-0.3, -0.25) is 4.79 Å². The molecule has 0 heterocycles. The molecule has 4 aliphatic rings. The van der Waals surface area contributed by atoms with E-state index in [2.05, 4.69) is 45.3 Å². The van der Waals surface area contributed by atoms with Crippen LogP contribution in [0.1, 0.15) is 65.7 Å². The molecule has 2 nitrogen and oxygen atoms in total. The minimum Gasteiger partial charge on any atom is -0.317 e. The van der Waals surface area contributed by atoms with E-state index in [0.29, 0.717) is 29.1 Å². The fourth-order valence-corrected chi connectivity index (χ4v) is 7.06. The Balaban J connectivity index is 1.68. The van der Waals surface area contributed by atoms with E-state index in [4.69, 9.17) is 0 Å². The fraction of sp³-hybridized carbons (Fsp3) is 0.773. The lowest BCUT2D eigenvalue weighted by molar-refractivity contribution is -0.115. The molecular formula is C22H33NO. The number of carbonyl (C=O) groups excluding carboxylic acids is 1. The van der Waals surface area contributed by atoms with Crippen molar-refractivity contribution in [1.29, 1.82) is 0 Å². The molecule has 132 valence electrons. The first-order chi connectivity index (χ1) is 11.4. The van der Waals surface area contributed by atoms with Crippen LogP contribution in [0.5, 0.6) is 0 Å². The first-order valence-corrected chi connectivity index (χ1v) is 10.0. The average Bonchev–Trinajstić information content (AvgIpc) is 2.83. The third-order valence-corrected chi connectivity index (χ3v) is 8.51. The fourth-order valence-electron chi connectivity index (χ4n) is 7.06. The maximum Gasteiger partial charge on any atom is 0.159 e. The van der Waals surface area contributed by atoms with Crippen molar-refractivity contribution in [3.63, 3.8) is 0 Å². The number of carbonyl (C=O) groups is 1. The van der Waals surface area contributed by atoms with Gasteiger partial charge in [0, 0.05) is 12.5 Å². The van der Waals surface area contributed by atoms with Crippen LogP contribution in [0.4, 0.5) is 0 Å². The highest BCUT2D eigenvalue weighted by Crippen LogP contribution is 2.65. The predicted octanol–water partition coefficient (Wildman–Crippen LogP) is 4.66. The highest BCUT2D eigenvalue weighted by molar-refractivity contribution is 5.99. The van der Waals surface area contributed by atoms with Gasteiger partial charge in [-0.1, -0.05) is 31.6 Å². The minimum absolute atomic E-state index is 0.150. The molecule has 0 radical (unpaired) electrons. The van der Waals surface area contributed by atoms with Crippen molar-refractivity contribution in [2.24, 2.45) is 28.6 Å². The van der Waals surface area contributed by atoms with E-state index in [9.17, 15) is 4.79 Å².